The van der Waals surface area contributed by atoms with Crippen LogP contribution < -0.4 is 4.90 Å². The van der Waals surface area contributed by atoms with Crippen molar-refractivity contribution in [1.82, 2.24) is 4.98 Å². The molecule has 29 heavy (non-hydrogen) atoms. The predicted molar refractivity (Wildman–Crippen MR) is 109 cm³/mol. The van der Waals surface area contributed by atoms with Gasteiger partial charge in [0.15, 0.2) is 16.7 Å². The smallest absolute Gasteiger partial charge is 0.296 e. The van der Waals surface area contributed by atoms with Crippen LogP contribution in [0.4, 0.5) is 5.13 Å². The topological polar surface area (TPSA) is 68.7 Å². The van der Waals surface area contributed by atoms with E-state index in [2.05, 4.69) is 4.98 Å². The number of fused-ring (bicyclic) bond motifs is 1. The van der Waals surface area contributed by atoms with E-state index in [1.165, 1.54) is 11.3 Å². The SMILES string of the molecule is COC1CCC2C(=O)C3=C(OC2C1)C(=O)N(c1nccs1)C3c1cccc(Cl)c1. The molecule has 8 heteroatoms. The minimum absolute atomic E-state index is 0.0109. The van der Waals surface area contributed by atoms with Crippen LogP contribution in [0.1, 0.15) is 30.9 Å². The summed E-state index contributed by atoms with van der Waals surface area (Å²) in [5, 5.41) is 2.88. The third kappa shape index (κ3) is 2.99. The minimum Gasteiger partial charge on any atom is -0.483 e. The van der Waals surface area contributed by atoms with Gasteiger partial charge < -0.3 is 9.47 Å². The molecule has 1 aromatic heterocycles. The van der Waals surface area contributed by atoms with E-state index in [9.17, 15) is 9.59 Å². The monoisotopic (exact) mass is 430 g/mol. The van der Waals surface area contributed by atoms with Gasteiger partial charge in [0.2, 0.25) is 0 Å². The van der Waals surface area contributed by atoms with Gasteiger partial charge in [-0.15, -0.1) is 11.3 Å². The van der Waals surface area contributed by atoms with E-state index in [1.54, 1.807) is 35.7 Å². The molecule has 0 saturated heterocycles. The number of hydrogen-bond donors (Lipinski definition) is 0. The van der Waals surface area contributed by atoms with Crippen LogP contribution in [0.3, 0.4) is 0 Å². The fourth-order valence-corrected chi connectivity index (χ4v) is 5.43. The molecule has 2 aromatic rings. The number of methoxy groups -OCH3 is 1. The van der Waals surface area contributed by atoms with Gasteiger partial charge in [-0.25, -0.2) is 4.98 Å². The number of amides is 1. The zero-order valence-electron chi connectivity index (χ0n) is 15.7. The third-order valence-electron chi connectivity index (χ3n) is 5.93. The van der Waals surface area contributed by atoms with E-state index < -0.39 is 6.04 Å². The van der Waals surface area contributed by atoms with Gasteiger partial charge >= 0.3 is 0 Å². The van der Waals surface area contributed by atoms with Gasteiger partial charge in [-0.2, -0.15) is 0 Å². The number of ether oxygens (including phenoxy) is 2. The molecule has 1 aliphatic carbocycles. The summed E-state index contributed by atoms with van der Waals surface area (Å²) in [4.78, 5) is 32.8. The number of halogens is 1. The lowest BCUT2D eigenvalue weighted by atomic mass is 9.76. The highest BCUT2D eigenvalue weighted by Crippen LogP contribution is 2.48. The molecule has 5 rings (SSSR count). The van der Waals surface area contributed by atoms with Crippen molar-refractivity contribution in [2.75, 3.05) is 12.0 Å². The molecule has 6 nitrogen and oxygen atoms in total. The van der Waals surface area contributed by atoms with Crippen molar-refractivity contribution in [2.45, 2.75) is 37.5 Å². The first-order chi connectivity index (χ1) is 14.1. The number of rotatable bonds is 3. The van der Waals surface area contributed by atoms with Crippen molar-refractivity contribution in [3.63, 3.8) is 0 Å². The van der Waals surface area contributed by atoms with Crippen LogP contribution in [0.25, 0.3) is 0 Å². The zero-order chi connectivity index (χ0) is 20.1. The number of ketones is 1. The normalized spacial score (nSPS) is 29.0. The highest BCUT2D eigenvalue weighted by Gasteiger charge is 2.53. The molecule has 0 radical (unpaired) electrons. The Balaban J connectivity index is 1.62. The maximum atomic E-state index is 13.6. The van der Waals surface area contributed by atoms with Gasteiger partial charge in [0.1, 0.15) is 6.10 Å². The molecule has 1 saturated carbocycles. The predicted octanol–water partition coefficient (Wildman–Crippen LogP) is 3.92. The molecule has 0 N–H and O–H groups in total. The second-order valence-corrected chi connectivity index (χ2v) is 8.80. The molecule has 0 spiro atoms. The number of benzene rings is 1. The van der Waals surface area contributed by atoms with E-state index >= 15 is 0 Å². The summed E-state index contributed by atoms with van der Waals surface area (Å²) < 4.78 is 11.6. The molecular formula is C21H19ClN2O4S. The number of nitrogens with zero attached hydrogens (tertiary/aromatic N) is 2. The molecule has 1 amide bonds. The minimum atomic E-state index is -0.587. The number of carbonyl (C=O) groups excluding carboxylic acids is 2. The maximum Gasteiger partial charge on any atom is 0.296 e. The van der Waals surface area contributed by atoms with Gasteiger partial charge in [0.25, 0.3) is 5.91 Å². The molecule has 2 aliphatic heterocycles. The average molecular weight is 431 g/mol. The molecule has 4 atom stereocenters. The standard InChI is InChI=1S/C21H19ClN2O4S/c1-27-13-5-6-14-15(10-13)28-19-16(18(14)25)17(11-3-2-4-12(22)9-11)24(20(19)26)21-23-7-8-29-21/h2-4,7-9,13-15,17H,5-6,10H2,1H3. The number of carbonyl (C=O) groups is 2. The van der Waals surface area contributed by atoms with Gasteiger partial charge in [0, 0.05) is 30.1 Å². The lowest BCUT2D eigenvalue weighted by Crippen LogP contribution is -2.43. The van der Waals surface area contributed by atoms with Crippen molar-refractivity contribution in [2.24, 2.45) is 5.92 Å². The Morgan fingerprint density at radius 3 is 2.90 bits per heavy atom. The van der Waals surface area contributed by atoms with Gasteiger partial charge in [-0.3, -0.25) is 14.5 Å². The second kappa shape index (κ2) is 7.23. The van der Waals surface area contributed by atoms with E-state index in [4.69, 9.17) is 21.1 Å². The van der Waals surface area contributed by atoms with Crippen LogP contribution in [-0.4, -0.2) is 36.0 Å². The van der Waals surface area contributed by atoms with Crippen LogP contribution in [0.5, 0.6) is 0 Å². The van der Waals surface area contributed by atoms with Crippen LogP contribution in [0.15, 0.2) is 47.2 Å². The summed E-state index contributed by atoms with van der Waals surface area (Å²) in [5.74, 6) is -0.450. The quantitative estimate of drug-likeness (QED) is 0.738. The summed E-state index contributed by atoms with van der Waals surface area (Å²) in [6, 6.07) is 6.67. The van der Waals surface area contributed by atoms with Gasteiger partial charge in [0.05, 0.1) is 23.6 Å². The maximum absolute atomic E-state index is 13.6. The van der Waals surface area contributed by atoms with E-state index in [0.717, 1.165) is 12.0 Å². The Labute approximate surface area is 177 Å². The zero-order valence-corrected chi connectivity index (χ0v) is 17.3. The van der Waals surface area contributed by atoms with Crippen molar-refractivity contribution in [3.05, 3.63) is 57.8 Å². The van der Waals surface area contributed by atoms with Gasteiger partial charge in [-0.05, 0) is 30.5 Å². The second-order valence-electron chi connectivity index (χ2n) is 7.49. The van der Waals surface area contributed by atoms with Crippen LogP contribution in [0.2, 0.25) is 5.02 Å². The Morgan fingerprint density at radius 2 is 2.17 bits per heavy atom. The van der Waals surface area contributed by atoms with Crippen LogP contribution in [0, 0.1) is 5.92 Å². The summed E-state index contributed by atoms with van der Waals surface area (Å²) in [6.07, 6.45) is 3.46. The first kappa shape index (κ1) is 18.8. The third-order valence-corrected chi connectivity index (χ3v) is 6.93. The molecule has 0 bridgehead atoms. The fourth-order valence-electron chi connectivity index (χ4n) is 4.57. The van der Waals surface area contributed by atoms with Crippen molar-refractivity contribution >= 4 is 39.8 Å². The molecule has 1 fully saturated rings. The Hall–Kier alpha value is -2.22. The first-order valence-electron chi connectivity index (χ1n) is 9.55. The van der Waals surface area contributed by atoms with Crippen LogP contribution >= 0.6 is 22.9 Å². The molecule has 3 heterocycles. The van der Waals surface area contributed by atoms with E-state index in [1.807, 2.05) is 12.1 Å². The summed E-state index contributed by atoms with van der Waals surface area (Å²) in [5.41, 5.74) is 1.19. The summed E-state index contributed by atoms with van der Waals surface area (Å²) in [7, 11) is 1.67. The lowest BCUT2D eigenvalue weighted by Gasteiger charge is -2.38. The summed E-state index contributed by atoms with van der Waals surface area (Å²) in [6.45, 7) is 0. The van der Waals surface area contributed by atoms with Crippen molar-refractivity contribution in [3.8, 4) is 0 Å². The fraction of sp³-hybridized carbons (Fsp3) is 0.381. The average Bonchev–Trinajstić information content (AvgIpc) is 3.34. The number of anilines is 1. The largest absolute Gasteiger partial charge is 0.483 e. The number of thiazole rings is 1. The highest BCUT2D eigenvalue weighted by atomic mass is 35.5. The number of Topliss-reactive ketones (excluding diaryl/α,β-unsaturated/α-hetero) is 1. The Morgan fingerprint density at radius 1 is 1.31 bits per heavy atom. The first-order valence-corrected chi connectivity index (χ1v) is 10.8. The highest BCUT2D eigenvalue weighted by molar-refractivity contribution is 7.13. The Bertz CT molecular complexity index is 1010. The van der Waals surface area contributed by atoms with Gasteiger partial charge in [-0.1, -0.05) is 23.7 Å². The number of aromatic nitrogens is 1. The van der Waals surface area contributed by atoms with E-state index in [-0.39, 0.29) is 35.6 Å². The molecule has 4 unspecified atom stereocenters. The van der Waals surface area contributed by atoms with Crippen molar-refractivity contribution in [1.29, 1.82) is 0 Å². The molecular weight excluding hydrogens is 412 g/mol. The lowest BCUT2D eigenvalue weighted by molar-refractivity contribution is -0.135. The Kier molecular flexibility index (Phi) is 4.69. The van der Waals surface area contributed by atoms with E-state index in [0.29, 0.717) is 28.6 Å². The molecule has 3 aliphatic rings. The number of hydrogen-bond acceptors (Lipinski definition) is 6. The molecule has 1 aromatic carbocycles. The summed E-state index contributed by atoms with van der Waals surface area (Å²) >= 11 is 7.57. The van der Waals surface area contributed by atoms with Crippen LogP contribution in [-0.2, 0) is 19.1 Å². The molecule has 150 valence electrons. The van der Waals surface area contributed by atoms with Crippen molar-refractivity contribution < 1.29 is 19.1 Å².